The van der Waals surface area contributed by atoms with E-state index >= 15 is 0 Å². The summed E-state index contributed by atoms with van der Waals surface area (Å²) in [6.07, 6.45) is 1.86. The minimum absolute atomic E-state index is 0.271. The molecule has 8 heteroatoms. The number of carbonyl (C=O) groups excluding carboxylic acids is 1. The van der Waals surface area contributed by atoms with E-state index < -0.39 is 11.6 Å². The van der Waals surface area contributed by atoms with Crippen molar-refractivity contribution in [1.29, 1.82) is 0 Å². The van der Waals surface area contributed by atoms with E-state index in [2.05, 4.69) is 42.7 Å². The monoisotopic (exact) mass is 515 g/mol. The molecule has 0 aliphatic rings. The zero-order valence-corrected chi connectivity index (χ0v) is 23.2. The van der Waals surface area contributed by atoms with Gasteiger partial charge in [0, 0.05) is 19.5 Å². The van der Waals surface area contributed by atoms with Gasteiger partial charge < -0.3 is 30.6 Å². The lowest BCUT2D eigenvalue weighted by Gasteiger charge is -2.25. The fourth-order valence-corrected chi connectivity index (χ4v) is 3.61. The van der Waals surface area contributed by atoms with Gasteiger partial charge in [0.1, 0.15) is 6.61 Å². The summed E-state index contributed by atoms with van der Waals surface area (Å²) >= 11 is 5.51. The highest BCUT2D eigenvalue weighted by Gasteiger charge is 2.26. The number of thiocarbonyl (C=S) groups is 1. The third-order valence-electron chi connectivity index (χ3n) is 5.71. The fraction of sp³-hybridized carbons (Fsp3) is 0.500. The molecule has 1 atom stereocenters. The van der Waals surface area contributed by atoms with Crippen LogP contribution in [0.1, 0.15) is 55.9 Å². The highest BCUT2D eigenvalue weighted by Crippen LogP contribution is 2.28. The van der Waals surface area contributed by atoms with E-state index in [4.69, 9.17) is 32.2 Å². The molecular weight excluding hydrogens is 474 g/mol. The van der Waals surface area contributed by atoms with Gasteiger partial charge in [0.25, 0.3) is 0 Å². The van der Waals surface area contributed by atoms with Gasteiger partial charge >= 0.3 is 5.97 Å². The van der Waals surface area contributed by atoms with Crippen LogP contribution in [0.2, 0.25) is 0 Å². The Hall–Kier alpha value is -2.84. The number of hydrogen-bond donors (Lipinski definition) is 3. The maximum Gasteiger partial charge on any atom is 0.313 e. The molecule has 2 aromatic rings. The molecule has 0 aromatic heterocycles. The first-order chi connectivity index (χ1) is 17.0. The van der Waals surface area contributed by atoms with Crippen molar-refractivity contribution >= 4 is 23.3 Å². The van der Waals surface area contributed by atoms with Crippen LogP contribution in [-0.4, -0.2) is 37.6 Å². The van der Waals surface area contributed by atoms with Crippen molar-refractivity contribution in [3.8, 4) is 11.5 Å². The minimum Gasteiger partial charge on any atom is -0.493 e. The number of nitrogens with one attached hydrogen (secondary N) is 2. The molecule has 2 rings (SSSR count). The lowest BCUT2D eigenvalue weighted by molar-refractivity contribution is -0.159. The van der Waals surface area contributed by atoms with E-state index in [9.17, 15) is 4.79 Å². The van der Waals surface area contributed by atoms with Crippen LogP contribution in [0.4, 0.5) is 0 Å². The Morgan fingerprint density at radius 1 is 1.06 bits per heavy atom. The van der Waals surface area contributed by atoms with Gasteiger partial charge in [-0.15, -0.1) is 0 Å². The van der Waals surface area contributed by atoms with Crippen LogP contribution in [0.5, 0.6) is 11.5 Å². The number of rotatable bonds is 12. The zero-order valence-electron chi connectivity index (χ0n) is 22.4. The van der Waals surface area contributed by atoms with Crippen molar-refractivity contribution in [2.45, 2.75) is 66.7 Å². The van der Waals surface area contributed by atoms with Gasteiger partial charge in [-0.2, -0.15) is 0 Å². The minimum atomic E-state index is -0.604. The van der Waals surface area contributed by atoms with Gasteiger partial charge in [-0.25, -0.2) is 0 Å². The zero-order chi connectivity index (χ0) is 26.7. The van der Waals surface area contributed by atoms with Crippen LogP contribution >= 0.6 is 12.2 Å². The molecule has 1 unspecified atom stereocenters. The van der Waals surface area contributed by atoms with Gasteiger partial charge in [-0.3, -0.25) is 4.79 Å². The number of aryl methyl sites for hydroxylation is 3. The average Bonchev–Trinajstić information content (AvgIpc) is 2.83. The molecule has 0 spiro atoms. The van der Waals surface area contributed by atoms with Crippen molar-refractivity contribution in [1.82, 2.24) is 10.6 Å². The van der Waals surface area contributed by atoms with Crippen molar-refractivity contribution < 1.29 is 19.0 Å². The Morgan fingerprint density at radius 3 is 2.42 bits per heavy atom. The number of nitrogens with two attached hydrogens (primary N) is 1. The van der Waals surface area contributed by atoms with Crippen LogP contribution in [-0.2, 0) is 22.5 Å². The highest BCUT2D eigenvalue weighted by atomic mass is 32.1. The molecule has 0 saturated carbocycles. The lowest BCUT2D eigenvalue weighted by Crippen LogP contribution is -2.45. The van der Waals surface area contributed by atoms with Crippen LogP contribution in [0.3, 0.4) is 0 Å². The molecule has 0 fully saturated rings. The molecule has 0 bridgehead atoms. The molecule has 0 aliphatic carbocycles. The highest BCUT2D eigenvalue weighted by molar-refractivity contribution is 7.80. The largest absolute Gasteiger partial charge is 0.493 e. The number of ether oxygens (including phenoxy) is 3. The molecule has 198 valence electrons. The van der Waals surface area contributed by atoms with Crippen molar-refractivity contribution in [2.24, 2.45) is 11.1 Å². The maximum absolute atomic E-state index is 12.6. The number of methoxy groups -OCH3 is 1. The van der Waals surface area contributed by atoms with E-state index in [-0.39, 0.29) is 5.97 Å². The first kappa shape index (κ1) is 29.4. The third kappa shape index (κ3) is 9.66. The molecule has 0 aliphatic heterocycles. The smallest absolute Gasteiger partial charge is 0.313 e. The molecule has 4 N–H and O–H groups in total. The summed E-state index contributed by atoms with van der Waals surface area (Å²) in [5.41, 5.74) is 9.71. The Balaban J connectivity index is 1.97. The van der Waals surface area contributed by atoms with Gasteiger partial charge in [-0.05, 0) is 94.1 Å². The Morgan fingerprint density at radius 2 is 1.78 bits per heavy atom. The Kier molecular flexibility index (Phi) is 11.5. The molecule has 0 amide bonds. The molecule has 36 heavy (non-hydrogen) atoms. The van der Waals surface area contributed by atoms with Crippen LogP contribution in [0.25, 0.3) is 0 Å². The first-order valence-electron chi connectivity index (χ1n) is 12.3. The Labute approximate surface area is 221 Å². The van der Waals surface area contributed by atoms with E-state index in [1.54, 1.807) is 7.11 Å². The standard InChI is InChI=1S/C28H41N3O4S/c1-19-10-11-21(16-20(19)2)8-7-9-25(35-26(32)28(3,4)5)31-27(36)30-18-22-12-13-23(34-15-14-29)24(17-22)33-6/h10-13,16-17,25H,7-9,14-15,18,29H2,1-6H3,(H2,30,31,36). The molecule has 0 heterocycles. The van der Waals surface area contributed by atoms with Crippen molar-refractivity contribution in [2.75, 3.05) is 20.3 Å². The summed E-state index contributed by atoms with van der Waals surface area (Å²) in [4.78, 5) is 12.6. The third-order valence-corrected chi connectivity index (χ3v) is 5.98. The molecule has 0 radical (unpaired) electrons. The quantitative estimate of drug-likeness (QED) is 0.215. The topological polar surface area (TPSA) is 94.8 Å². The van der Waals surface area contributed by atoms with Crippen LogP contribution in [0.15, 0.2) is 36.4 Å². The van der Waals surface area contributed by atoms with Crippen molar-refractivity contribution in [3.63, 3.8) is 0 Å². The number of carbonyl (C=O) groups is 1. The molecule has 7 nitrogen and oxygen atoms in total. The van der Waals surface area contributed by atoms with Gasteiger partial charge in [-0.1, -0.05) is 24.3 Å². The second kappa shape index (κ2) is 14.0. The fourth-order valence-electron chi connectivity index (χ4n) is 3.41. The van der Waals surface area contributed by atoms with E-state index in [0.29, 0.717) is 42.7 Å². The van der Waals surface area contributed by atoms with E-state index in [1.165, 1.54) is 16.7 Å². The second-order valence-corrected chi connectivity index (χ2v) is 10.3. The van der Waals surface area contributed by atoms with E-state index in [0.717, 1.165) is 18.4 Å². The van der Waals surface area contributed by atoms with Crippen LogP contribution in [0, 0.1) is 19.3 Å². The number of benzene rings is 2. The summed E-state index contributed by atoms with van der Waals surface area (Å²) in [7, 11) is 1.60. The van der Waals surface area contributed by atoms with Crippen molar-refractivity contribution in [3.05, 3.63) is 58.7 Å². The van der Waals surface area contributed by atoms with Crippen LogP contribution < -0.4 is 25.8 Å². The Bertz CT molecular complexity index is 1020. The first-order valence-corrected chi connectivity index (χ1v) is 12.8. The van der Waals surface area contributed by atoms with Gasteiger partial charge in [0.2, 0.25) is 0 Å². The number of esters is 1. The summed E-state index contributed by atoms with van der Waals surface area (Å²) in [6.45, 7) is 11.1. The molecular formula is C28H41N3O4S. The second-order valence-electron chi connectivity index (χ2n) is 9.90. The maximum atomic E-state index is 12.6. The van der Waals surface area contributed by atoms with E-state index in [1.807, 2.05) is 39.0 Å². The predicted molar refractivity (Wildman–Crippen MR) is 148 cm³/mol. The summed E-state index contributed by atoms with van der Waals surface area (Å²) < 4.78 is 16.8. The van der Waals surface area contributed by atoms with Gasteiger partial charge in [0.05, 0.1) is 12.5 Å². The predicted octanol–water partition coefficient (Wildman–Crippen LogP) is 4.55. The van der Waals surface area contributed by atoms with Gasteiger partial charge in [0.15, 0.2) is 22.8 Å². The number of hydrogen-bond acceptors (Lipinski definition) is 6. The summed E-state index contributed by atoms with van der Waals surface area (Å²) in [6, 6.07) is 12.2. The lowest BCUT2D eigenvalue weighted by atomic mass is 9.97. The summed E-state index contributed by atoms with van der Waals surface area (Å²) in [5.74, 6) is 1.00. The SMILES string of the molecule is COc1cc(CNC(=S)NC(CCCc2ccc(C)c(C)c2)OC(=O)C(C)(C)C)ccc1OCCN. The average molecular weight is 516 g/mol. The normalized spacial score (nSPS) is 12.0. The molecule has 2 aromatic carbocycles. The summed E-state index contributed by atoms with van der Waals surface area (Å²) in [5, 5.41) is 6.77. The molecule has 0 saturated heterocycles.